The second-order valence-electron chi connectivity index (χ2n) is 4.11. The first-order valence-corrected chi connectivity index (χ1v) is 7.29. The van der Waals surface area contributed by atoms with Crippen molar-refractivity contribution in [3.05, 3.63) is 34.5 Å². The standard InChI is InChI=1S/C13H19BN2O4S/c1-4-5-8-11(14(18)19-2)15-13(17)12(16-20-3)10-7-6-9-21-10/h4-7,9,11,18H,8H2,1-3H3,(H,15,17)/b5-4-,16-12-. The molecule has 2 N–H and O–H groups in total. The smallest absolute Gasteiger partial charge is 0.426 e. The van der Waals surface area contributed by atoms with Gasteiger partial charge < -0.3 is 19.8 Å². The van der Waals surface area contributed by atoms with E-state index in [2.05, 4.69) is 10.5 Å². The quantitative estimate of drug-likeness (QED) is 0.327. The average Bonchev–Trinajstić information content (AvgIpc) is 3.01. The fraction of sp³-hybridized carbons (Fsp3) is 0.385. The molecule has 1 heterocycles. The molecule has 0 aliphatic rings. The van der Waals surface area contributed by atoms with Crippen LogP contribution in [0.4, 0.5) is 0 Å². The first-order valence-electron chi connectivity index (χ1n) is 6.42. The molecule has 0 fully saturated rings. The van der Waals surface area contributed by atoms with E-state index in [0.717, 1.165) is 0 Å². The van der Waals surface area contributed by atoms with Crippen LogP contribution in [0.2, 0.25) is 0 Å². The number of nitrogens with zero attached hydrogens (tertiary/aromatic N) is 1. The molecule has 114 valence electrons. The Hall–Kier alpha value is -1.64. The van der Waals surface area contributed by atoms with E-state index in [-0.39, 0.29) is 5.71 Å². The molecule has 6 nitrogen and oxygen atoms in total. The molecule has 0 spiro atoms. The molecule has 1 unspecified atom stereocenters. The zero-order valence-electron chi connectivity index (χ0n) is 12.3. The molecule has 8 heteroatoms. The molecule has 0 aliphatic heterocycles. The van der Waals surface area contributed by atoms with E-state index in [4.69, 9.17) is 9.49 Å². The monoisotopic (exact) mass is 310 g/mol. The minimum atomic E-state index is -1.10. The van der Waals surface area contributed by atoms with Gasteiger partial charge in [0, 0.05) is 7.11 Å². The summed E-state index contributed by atoms with van der Waals surface area (Å²) in [5.41, 5.74) is 0.168. The van der Waals surface area contributed by atoms with E-state index < -0.39 is 19.0 Å². The Labute approximate surface area is 128 Å². The van der Waals surface area contributed by atoms with Crippen LogP contribution in [-0.2, 0) is 14.3 Å². The fourth-order valence-corrected chi connectivity index (χ4v) is 2.34. The number of hydrogen-bond donors (Lipinski definition) is 2. The topological polar surface area (TPSA) is 80.2 Å². The van der Waals surface area contributed by atoms with Crippen LogP contribution in [0.5, 0.6) is 0 Å². The number of nitrogens with one attached hydrogen (secondary N) is 1. The van der Waals surface area contributed by atoms with Gasteiger partial charge in [-0.05, 0) is 24.8 Å². The van der Waals surface area contributed by atoms with Gasteiger partial charge in [0.1, 0.15) is 7.11 Å². The van der Waals surface area contributed by atoms with Gasteiger partial charge in [-0.1, -0.05) is 23.4 Å². The Bertz CT molecular complexity index is 490. The summed E-state index contributed by atoms with van der Waals surface area (Å²) in [5.74, 6) is -0.995. The van der Waals surface area contributed by atoms with Crippen molar-refractivity contribution in [2.24, 2.45) is 5.16 Å². The third-order valence-electron chi connectivity index (χ3n) is 2.68. The van der Waals surface area contributed by atoms with Gasteiger partial charge in [0.2, 0.25) is 0 Å². The van der Waals surface area contributed by atoms with Crippen molar-refractivity contribution in [2.45, 2.75) is 19.3 Å². The highest BCUT2D eigenvalue weighted by molar-refractivity contribution is 7.13. The molecule has 0 radical (unpaired) electrons. The van der Waals surface area contributed by atoms with Crippen LogP contribution in [0.15, 0.2) is 34.8 Å². The molecule has 0 bridgehead atoms. The first-order chi connectivity index (χ1) is 10.1. The number of carbonyl (C=O) groups excluding carboxylic acids is 1. The molecule has 1 rings (SSSR count). The lowest BCUT2D eigenvalue weighted by Gasteiger charge is -2.18. The van der Waals surface area contributed by atoms with E-state index in [0.29, 0.717) is 11.3 Å². The number of allylic oxidation sites excluding steroid dienone is 1. The van der Waals surface area contributed by atoms with Crippen molar-refractivity contribution >= 4 is 30.1 Å². The largest absolute Gasteiger partial charge is 0.478 e. The molecule has 1 amide bonds. The van der Waals surface area contributed by atoms with Crippen molar-refractivity contribution in [2.75, 3.05) is 14.2 Å². The van der Waals surface area contributed by atoms with Gasteiger partial charge >= 0.3 is 7.12 Å². The van der Waals surface area contributed by atoms with Gasteiger partial charge in [0.05, 0.1) is 10.8 Å². The summed E-state index contributed by atoms with van der Waals surface area (Å²) in [6.45, 7) is 1.86. The lowest BCUT2D eigenvalue weighted by Crippen LogP contribution is -2.49. The Kier molecular flexibility index (Phi) is 7.74. The summed E-state index contributed by atoms with van der Waals surface area (Å²) < 4.78 is 4.88. The van der Waals surface area contributed by atoms with E-state index in [1.54, 1.807) is 6.07 Å². The molecular weight excluding hydrogens is 291 g/mol. The summed E-state index contributed by atoms with van der Waals surface area (Å²) in [4.78, 5) is 17.7. The van der Waals surface area contributed by atoms with E-state index >= 15 is 0 Å². The molecule has 0 saturated heterocycles. The normalized spacial score (nSPS) is 13.2. The van der Waals surface area contributed by atoms with Crippen molar-refractivity contribution in [3.63, 3.8) is 0 Å². The predicted octanol–water partition coefficient (Wildman–Crippen LogP) is 1.22. The predicted molar refractivity (Wildman–Crippen MR) is 84.2 cm³/mol. The van der Waals surface area contributed by atoms with Crippen LogP contribution < -0.4 is 5.32 Å². The van der Waals surface area contributed by atoms with Crippen molar-refractivity contribution in [1.29, 1.82) is 0 Å². The zero-order chi connectivity index (χ0) is 15.7. The summed E-state index contributed by atoms with van der Waals surface area (Å²) in [6, 6.07) is 3.59. The fourth-order valence-electron chi connectivity index (χ4n) is 1.63. The van der Waals surface area contributed by atoms with Crippen LogP contribution >= 0.6 is 11.3 Å². The third kappa shape index (κ3) is 5.33. The number of carbonyl (C=O) groups is 1. The lowest BCUT2D eigenvalue weighted by molar-refractivity contribution is -0.115. The van der Waals surface area contributed by atoms with Gasteiger partial charge in [-0.2, -0.15) is 0 Å². The Morgan fingerprint density at radius 1 is 1.62 bits per heavy atom. The summed E-state index contributed by atoms with van der Waals surface area (Å²) >= 11 is 1.38. The molecular formula is C13H19BN2O4S. The van der Waals surface area contributed by atoms with E-state index in [1.165, 1.54) is 25.6 Å². The minimum absolute atomic E-state index is 0.168. The van der Waals surface area contributed by atoms with Crippen LogP contribution in [0.1, 0.15) is 18.2 Å². The maximum atomic E-state index is 12.3. The molecule has 21 heavy (non-hydrogen) atoms. The maximum Gasteiger partial charge on any atom is 0.478 e. The highest BCUT2D eigenvalue weighted by Crippen LogP contribution is 2.11. The van der Waals surface area contributed by atoms with Gasteiger partial charge in [0.15, 0.2) is 5.71 Å². The van der Waals surface area contributed by atoms with E-state index in [9.17, 15) is 9.82 Å². The van der Waals surface area contributed by atoms with Gasteiger partial charge in [0.25, 0.3) is 5.91 Å². The molecule has 1 atom stereocenters. The van der Waals surface area contributed by atoms with Crippen LogP contribution in [-0.4, -0.2) is 43.9 Å². The van der Waals surface area contributed by atoms with E-state index in [1.807, 2.05) is 30.5 Å². The second-order valence-corrected chi connectivity index (χ2v) is 5.06. The highest BCUT2D eigenvalue weighted by atomic mass is 32.1. The van der Waals surface area contributed by atoms with Crippen LogP contribution in [0.25, 0.3) is 0 Å². The number of amides is 1. The summed E-state index contributed by atoms with van der Waals surface area (Å²) in [5, 5.41) is 18.1. The van der Waals surface area contributed by atoms with Crippen LogP contribution in [0.3, 0.4) is 0 Å². The van der Waals surface area contributed by atoms with Crippen molar-refractivity contribution in [1.82, 2.24) is 5.32 Å². The molecule has 1 aromatic rings. The Morgan fingerprint density at radius 2 is 2.38 bits per heavy atom. The summed E-state index contributed by atoms with van der Waals surface area (Å²) in [6.07, 6.45) is 4.12. The highest BCUT2D eigenvalue weighted by Gasteiger charge is 2.28. The molecule has 0 aliphatic carbocycles. The van der Waals surface area contributed by atoms with Crippen LogP contribution in [0, 0.1) is 0 Å². The Morgan fingerprint density at radius 3 is 2.90 bits per heavy atom. The second kappa shape index (κ2) is 9.33. The zero-order valence-corrected chi connectivity index (χ0v) is 13.1. The minimum Gasteiger partial charge on any atom is -0.426 e. The van der Waals surface area contributed by atoms with Gasteiger partial charge in [-0.3, -0.25) is 4.79 Å². The molecule has 1 aromatic heterocycles. The van der Waals surface area contributed by atoms with Crippen molar-refractivity contribution < 1.29 is 19.3 Å². The number of thiophene rings is 1. The van der Waals surface area contributed by atoms with Gasteiger partial charge in [-0.25, -0.2) is 0 Å². The third-order valence-corrected chi connectivity index (χ3v) is 3.56. The first kappa shape index (κ1) is 17.4. The van der Waals surface area contributed by atoms with Crippen molar-refractivity contribution in [3.8, 4) is 0 Å². The molecule has 0 aromatic carbocycles. The molecule has 0 saturated carbocycles. The SMILES string of the molecule is C/C=C\CC(NC(=O)/C(=N\OC)c1cccs1)B(O)OC. The average molecular weight is 310 g/mol. The number of hydrogen-bond acceptors (Lipinski definition) is 6. The maximum absolute atomic E-state index is 12.3. The number of rotatable bonds is 8. The summed E-state index contributed by atoms with van der Waals surface area (Å²) in [7, 11) is 1.66. The lowest BCUT2D eigenvalue weighted by atomic mass is 9.76. The van der Waals surface area contributed by atoms with Gasteiger partial charge in [-0.15, -0.1) is 11.3 Å². The Balaban J connectivity index is 2.85. The number of oxime groups is 1.